The summed E-state index contributed by atoms with van der Waals surface area (Å²) in [6, 6.07) is 8.88. The number of hydrogen-bond donors (Lipinski definition) is 0. The molecule has 10 heteroatoms. The number of likely N-dealkylation sites (N-methyl/N-ethyl adjacent to an activating group) is 1. The Morgan fingerprint density at radius 3 is 2.13 bits per heavy atom. The average molecular weight is 471 g/mol. The van der Waals surface area contributed by atoms with Gasteiger partial charge in [-0.3, -0.25) is 9.10 Å². The van der Waals surface area contributed by atoms with Gasteiger partial charge in [0.25, 0.3) is 0 Å². The quantitative estimate of drug-likeness (QED) is 0.559. The Bertz CT molecular complexity index is 1040. The van der Waals surface area contributed by atoms with Gasteiger partial charge >= 0.3 is 0 Å². The van der Waals surface area contributed by atoms with E-state index in [1.807, 2.05) is 6.07 Å². The van der Waals surface area contributed by atoms with Gasteiger partial charge in [-0.2, -0.15) is 0 Å². The van der Waals surface area contributed by atoms with Crippen molar-refractivity contribution >= 4 is 33.2 Å². The summed E-state index contributed by atoms with van der Waals surface area (Å²) in [5.41, 5.74) is 0.991. The van der Waals surface area contributed by atoms with E-state index in [-0.39, 0.29) is 18.0 Å². The topological polar surface area (TPSA) is 85.4 Å². The monoisotopic (exact) mass is 470 g/mol. The fourth-order valence-electron chi connectivity index (χ4n) is 3.26. The average Bonchev–Trinajstić information content (AvgIpc) is 2.72. The van der Waals surface area contributed by atoms with E-state index in [0.717, 1.165) is 16.1 Å². The van der Waals surface area contributed by atoms with Gasteiger partial charge in [0.15, 0.2) is 11.5 Å². The van der Waals surface area contributed by atoms with E-state index in [1.54, 1.807) is 38.4 Å². The largest absolute Gasteiger partial charge is 0.495 e. The van der Waals surface area contributed by atoms with Crippen LogP contribution in [0.3, 0.4) is 0 Å². The number of nitrogens with zero attached hydrogens (tertiary/aromatic N) is 2. The first-order valence-electron chi connectivity index (χ1n) is 9.32. The number of amides is 1. The number of methoxy groups -OCH3 is 3. The molecule has 0 bridgehead atoms. The zero-order valence-electron chi connectivity index (χ0n) is 18.4. The summed E-state index contributed by atoms with van der Waals surface area (Å²) in [7, 11) is 2.26. The van der Waals surface area contributed by atoms with Crippen molar-refractivity contribution in [2.75, 3.05) is 38.9 Å². The van der Waals surface area contributed by atoms with Crippen LogP contribution in [0.15, 0.2) is 36.4 Å². The molecule has 2 aromatic rings. The maximum atomic E-state index is 13.2. The molecule has 0 aromatic heterocycles. The van der Waals surface area contributed by atoms with Crippen molar-refractivity contribution in [1.82, 2.24) is 4.90 Å². The van der Waals surface area contributed by atoms with E-state index in [4.69, 9.17) is 25.8 Å². The van der Waals surface area contributed by atoms with Gasteiger partial charge in [-0.05, 0) is 42.8 Å². The summed E-state index contributed by atoms with van der Waals surface area (Å²) < 4.78 is 42.1. The van der Waals surface area contributed by atoms with Crippen LogP contribution in [0.25, 0.3) is 0 Å². The van der Waals surface area contributed by atoms with Gasteiger partial charge in [-0.1, -0.05) is 17.7 Å². The van der Waals surface area contributed by atoms with E-state index in [0.29, 0.717) is 16.5 Å². The predicted octanol–water partition coefficient (Wildman–Crippen LogP) is 3.18. The molecule has 170 valence electrons. The number of hydrogen-bond acceptors (Lipinski definition) is 6. The third-order valence-corrected chi connectivity index (χ3v) is 6.15. The lowest BCUT2D eigenvalue weighted by Crippen LogP contribution is -2.48. The highest BCUT2D eigenvalue weighted by molar-refractivity contribution is 7.92. The van der Waals surface area contributed by atoms with E-state index in [1.165, 1.54) is 32.1 Å². The zero-order valence-corrected chi connectivity index (χ0v) is 20.0. The number of benzene rings is 2. The summed E-state index contributed by atoms with van der Waals surface area (Å²) in [6.45, 7) is 1.77. The van der Waals surface area contributed by atoms with Crippen LogP contribution in [0.5, 0.6) is 17.2 Å². The van der Waals surface area contributed by atoms with Gasteiger partial charge in [0.05, 0.1) is 33.3 Å². The minimum atomic E-state index is -3.83. The molecule has 0 heterocycles. The molecule has 1 atom stereocenters. The molecule has 0 aliphatic heterocycles. The number of anilines is 1. The highest BCUT2D eigenvalue weighted by Crippen LogP contribution is 2.34. The van der Waals surface area contributed by atoms with Crippen LogP contribution in [0.1, 0.15) is 12.5 Å². The molecule has 0 spiro atoms. The second kappa shape index (κ2) is 10.1. The lowest BCUT2D eigenvalue weighted by atomic mass is 10.1. The lowest BCUT2D eigenvalue weighted by molar-refractivity contribution is -0.131. The fraction of sp³-hybridized carbons (Fsp3) is 0.381. The first-order valence-corrected chi connectivity index (χ1v) is 11.5. The second-order valence-electron chi connectivity index (χ2n) is 6.93. The predicted molar refractivity (Wildman–Crippen MR) is 121 cm³/mol. The van der Waals surface area contributed by atoms with Crippen LogP contribution < -0.4 is 18.5 Å². The molecule has 2 rings (SSSR count). The van der Waals surface area contributed by atoms with Gasteiger partial charge in [0, 0.05) is 18.6 Å². The SMILES string of the molecule is COc1ccc(CN(C)C(=O)[C@@H](C)N(c2cc(Cl)ccc2OC)S(C)(=O)=O)cc1OC. The first-order chi connectivity index (χ1) is 14.5. The third kappa shape index (κ3) is 5.74. The molecule has 8 nitrogen and oxygen atoms in total. The summed E-state index contributed by atoms with van der Waals surface area (Å²) in [5, 5.41) is 0.322. The number of carbonyl (C=O) groups is 1. The van der Waals surface area contributed by atoms with Gasteiger partial charge in [-0.15, -0.1) is 0 Å². The zero-order chi connectivity index (χ0) is 23.3. The normalized spacial score (nSPS) is 12.1. The van der Waals surface area contributed by atoms with Crippen LogP contribution in [0, 0.1) is 0 Å². The van der Waals surface area contributed by atoms with Crippen LogP contribution in [-0.4, -0.2) is 59.9 Å². The van der Waals surface area contributed by atoms with Crippen molar-refractivity contribution in [2.45, 2.75) is 19.5 Å². The van der Waals surface area contributed by atoms with Crippen LogP contribution in [0.4, 0.5) is 5.69 Å². The molecule has 0 radical (unpaired) electrons. The Labute approximate surface area is 188 Å². The third-order valence-electron chi connectivity index (χ3n) is 4.69. The molecule has 31 heavy (non-hydrogen) atoms. The van der Waals surface area contributed by atoms with Gasteiger partial charge < -0.3 is 19.1 Å². The van der Waals surface area contributed by atoms with Crippen molar-refractivity contribution in [3.8, 4) is 17.2 Å². The molecule has 0 aliphatic carbocycles. The van der Waals surface area contributed by atoms with Crippen LogP contribution in [-0.2, 0) is 21.4 Å². The van der Waals surface area contributed by atoms with E-state index >= 15 is 0 Å². The molecule has 0 saturated heterocycles. The van der Waals surface area contributed by atoms with Gasteiger partial charge in [0.1, 0.15) is 11.8 Å². The van der Waals surface area contributed by atoms with Crippen molar-refractivity contribution in [2.24, 2.45) is 0 Å². The van der Waals surface area contributed by atoms with E-state index in [2.05, 4.69) is 0 Å². The highest BCUT2D eigenvalue weighted by atomic mass is 35.5. The Balaban J connectivity index is 2.35. The standard InChI is InChI=1S/C21H27ClN2O6S/c1-14(24(31(6,26)27)17-12-16(22)8-10-18(17)28-3)21(25)23(2)13-15-7-9-19(29-4)20(11-15)30-5/h7-12,14H,13H2,1-6H3/t14-/m1/s1. The molecule has 0 unspecified atom stereocenters. The van der Waals surface area contributed by atoms with Crippen molar-refractivity contribution < 1.29 is 27.4 Å². The van der Waals surface area contributed by atoms with E-state index in [9.17, 15) is 13.2 Å². The molecule has 0 fully saturated rings. The maximum Gasteiger partial charge on any atom is 0.246 e. The second-order valence-corrected chi connectivity index (χ2v) is 9.23. The maximum absolute atomic E-state index is 13.2. The molecule has 1 amide bonds. The molecular weight excluding hydrogens is 444 g/mol. The summed E-state index contributed by atoms with van der Waals surface area (Å²) in [4.78, 5) is 14.6. The Morgan fingerprint density at radius 2 is 1.58 bits per heavy atom. The van der Waals surface area contributed by atoms with Crippen LogP contribution >= 0.6 is 11.6 Å². The number of sulfonamides is 1. The van der Waals surface area contributed by atoms with Crippen molar-refractivity contribution in [1.29, 1.82) is 0 Å². The van der Waals surface area contributed by atoms with Gasteiger partial charge in [0.2, 0.25) is 15.9 Å². The number of ether oxygens (including phenoxy) is 3. The van der Waals surface area contributed by atoms with Gasteiger partial charge in [-0.25, -0.2) is 8.42 Å². The lowest BCUT2D eigenvalue weighted by Gasteiger charge is -2.32. The molecule has 0 saturated carbocycles. The molecular formula is C21H27ClN2O6S. The van der Waals surface area contributed by atoms with Crippen molar-refractivity contribution in [3.63, 3.8) is 0 Å². The highest BCUT2D eigenvalue weighted by Gasteiger charge is 2.33. The Hall–Kier alpha value is -2.65. The van der Waals surface area contributed by atoms with Crippen LogP contribution in [0.2, 0.25) is 5.02 Å². The first kappa shape index (κ1) is 24.6. The summed E-state index contributed by atoms with van der Waals surface area (Å²) in [6.07, 6.45) is 1.03. The molecule has 0 N–H and O–H groups in total. The Kier molecular flexibility index (Phi) is 8.02. The van der Waals surface area contributed by atoms with Crippen molar-refractivity contribution in [3.05, 3.63) is 47.0 Å². The molecule has 2 aromatic carbocycles. The Morgan fingerprint density at radius 1 is 1.00 bits per heavy atom. The smallest absolute Gasteiger partial charge is 0.246 e. The number of rotatable bonds is 9. The van der Waals surface area contributed by atoms with E-state index < -0.39 is 22.0 Å². The summed E-state index contributed by atoms with van der Waals surface area (Å²) in [5.74, 6) is 1.000. The minimum absolute atomic E-state index is 0.192. The molecule has 0 aliphatic rings. The number of carbonyl (C=O) groups excluding carboxylic acids is 1. The minimum Gasteiger partial charge on any atom is -0.495 e. The number of halogens is 1. The fourth-order valence-corrected chi connectivity index (χ4v) is 4.59. The summed E-state index contributed by atoms with van der Waals surface area (Å²) >= 11 is 6.08.